The average molecular weight is 446 g/mol. The van der Waals surface area contributed by atoms with Gasteiger partial charge in [0.25, 0.3) is 0 Å². The fourth-order valence-corrected chi connectivity index (χ4v) is 3.60. The molecule has 2 heterocycles. The van der Waals surface area contributed by atoms with Gasteiger partial charge in [-0.3, -0.25) is 10.1 Å². The lowest BCUT2D eigenvalue weighted by Gasteiger charge is -2.10. The highest BCUT2D eigenvalue weighted by Crippen LogP contribution is 2.31. The topological polar surface area (TPSA) is 118 Å². The number of nitro groups is 1. The van der Waals surface area contributed by atoms with Gasteiger partial charge in [0.1, 0.15) is 6.33 Å². The van der Waals surface area contributed by atoms with E-state index in [1.54, 1.807) is 35.6 Å². The lowest BCUT2D eigenvalue weighted by atomic mass is 10.3. The Kier molecular flexibility index (Phi) is 6.73. The molecule has 0 atom stereocenters. The van der Waals surface area contributed by atoms with E-state index in [4.69, 9.17) is 0 Å². The Morgan fingerprint density at radius 1 is 0.906 bits per heavy atom. The first kappa shape index (κ1) is 21.1. The summed E-state index contributed by atoms with van der Waals surface area (Å²) >= 11 is 1.64. The number of hydrogen-bond acceptors (Lipinski definition) is 9. The Labute approximate surface area is 188 Å². The van der Waals surface area contributed by atoms with Crippen LogP contribution in [0.25, 0.3) is 0 Å². The van der Waals surface area contributed by atoms with E-state index < -0.39 is 4.92 Å². The van der Waals surface area contributed by atoms with Crippen molar-refractivity contribution in [3.8, 4) is 0 Å². The highest BCUT2D eigenvalue weighted by molar-refractivity contribution is 7.09. The molecule has 0 aliphatic rings. The zero-order chi connectivity index (χ0) is 22.2. The molecule has 0 spiro atoms. The van der Waals surface area contributed by atoms with Crippen molar-refractivity contribution in [3.63, 3.8) is 0 Å². The minimum absolute atomic E-state index is 0.113. The van der Waals surface area contributed by atoms with Crippen LogP contribution in [0.4, 0.5) is 34.4 Å². The minimum atomic E-state index is -0.488. The van der Waals surface area contributed by atoms with E-state index in [9.17, 15) is 10.1 Å². The van der Waals surface area contributed by atoms with Crippen molar-refractivity contribution in [1.82, 2.24) is 9.97 Å². The number of aromatic nitrogens is 2. The molecule has 0 aliphatic carbocycles. The first-order chi connectivity index (χ1) is 15.7. The van der Waals surface area contributed by atoms with Crippen molar-refractivity contribution in [3.05, 3.63) is 93.4 Å². The van der Waals surface area contributed by atoms with Crippen molar-refractivity contribution in [2.75, 3.05) is 17.2 Å². The van der Waals surface area contributed by atoms with Gasteiger partial charge < -0.3 is 10.6 Å². The van der Waals surface area contributed by atoms with Crippen molar-refractivity contribution in [2.45, 2.75) is 6.42 Å². The van der Waals surface area contributed by atoms with Crippen molar-refractivity contribution in [2.24, 2.45) is 10.2 Å². The maximum Gasteiger partial charge on any atom is 0.353 e. The number of benzene rings is 2. The van der Waals surface area contributed by atoms with E-state index in [0.717, 1.165) is 12.1 Å². The second kappa shape index (κ2) is 10.2. The fourth-order valence-electron chi connectivity index (χ4n) is 2.89. The molecule has 0 saturated heterocycles. The Balaban J connectivity index is 1.46. The summed E-state index contributed by atoms with van der Waals surface area (Å²) in [5.74, 6) is 0.291. The molecule has 2 aromatic heterocycles. The zero-order valence-electron chi connectivity index (χ0n) is 16.9. The normalized spacial score (nSPS) is 10.9. The first-order valence-corrected chi connectivity index (χ1v) is 10.7. The first-order valence-electron chi connectivity index (χ1n) is 9.78. The highest BCUT2D eigenvalue weighted by atomic mass is 32.1. The third-order valence-corrected chi connectivity index (χ3v) is 5.35. The quantitative estimate of drug-likeness (QED) is 0.178. The standard InChI is InChI=1S/C22H19N7O2S/c30-29(31)20-21(23-13-12-19-7-4-14-32-19)24-15-25-22(20)26-16-8-10-18(11-9-16)28-27-17-5-2-1-3-6-17/h1-11,14-15H,12-13H2,(H2,23,24,25,26). The van der Waals surface area contributed by atoms with Crippen LogP contribution in [-0.4, -0.2) is 21.4 Å². The fraction of sp³-hybridized carbons (Fsp3) is 0.0909. The molecule has 0 amide bonds. The molecule has 160 valence electrons. The molecule has 2 aromatic carbocycles. The number of rotatable bonds is 9. The summed E-state index contributed by atoms with van der Waals surface area (Å²) in [4.78, 5) is 20.6. The molecule has 0 saturated carbocycles. The molecular formula is C22H19N7O2S. The number of thiophene rings is 1. The molecule has 0 bridgehead atoms. The predicted octanol–water partition coefficient (Wildman–Crippen LogP) is 6.26. The van der Waals surface area contributed by atoms with Crippen LogP contribution in [0.1, 0.15) is 4.88 Å². The van der Waals surface area contributed by atoms with Gasteiger partial charge in [-0.25, -0.2) is 9.97 Å². The molecule has 0 unspecified atom stereocenters. The molecule has 10 heteroatoms. The van der Waals surface area contributed by atoms with Crippen molar-refractivity contribution < 1.29 is 4.92 Å². The van der Waals surface area contributed by atoms with E-state index >= 15 is 0 Å². The van der Waals surface area contributed by atoms with E-state index in [2.05, 4.69) is 30.8 Å². The number of azo groups is 1. The molecule has 0 aliphatic heterocycles. The van der Waals surface area contributed by atoms with Gasteiger partial charge in [0.2, 0.25) is 11.6 Å². The number of hydrogen-bond donors (Lipinski definition) is 2. The molecule has 4 rings (SSSR count). The van der Waals surface area contributed by atoms with Gasteiger partial charge in [0.15, 0.2) is 0 Å². The van der Waals surface area contributed by atoms with Crippen LogP contribution in [-0.2, 0) is 6.42 Å². The molecule has 2 N–H and O–H groups in total. The Morgan fingerprint density at radius 2 is 1.62 bits per heavy atom. The molecule has 0 radical (unpaired) electrons. The number of nitrogens with one attached hydrogen (secondary N) is 2. The molecular weight excluding hydrogens is 426 g/mol. The highest BCUT2D eigenvalue weighted by Gasteiger charge is 2.23. The van der Waals surface area contributed by atoms with E-state index in [-0.39, 0.29) is 17.3 Å². The van der Waals surface area contributed by atoms with Gasteiger partial charge in [0.05, 0.1) is 16.3 Å². The lowest BCUT2D eigenvalue weighted by Crippen LogP contribution is -2.10. The van der Waals surface area contributed by atoms with Crippen LogP contribution < -0.4 is 10.6 Å². The zero-order valence-corrected chi connectivity index (χ0v) is 17.7. The summed E-state index contributed by atoms with van der Waals surface area (Å²) in [5, 5.41) is 28.1. The van der Waals surface area contributed by atoms with E-state index in [0.29, 0.717) is 17.9 Å². The second-order valence-corrected chi connectivity index (χ2v) is 7.67. The average Bonchev–Trinajstić information content (AvgIpc) is 3.33. The lowest BCUT2D eigenvalue weighted by molar-refractivity contribution is -0.383. The third-order valence-electron chi connectivity index (χ3n) is 4.42. The van der Waals surface area contributed by atoms with Crippen LogP contribution in [0.15, 0.2) is 88.7 Å². The third kappa shape index (κ3) is 5.49. The maximum absolute atomic E-state index is 11.7. The SMILES string of the molecule is O=[N+]([O-])c1c(NCCc2cccs2)ncnc1Nc1ccc(N=Nc2ccccc2)cc1. The van der Waals surface area contributed by atoms with Crippen LogP contribution in [0.2, 0.25) is 0 Å². The van der Waals surface area contributed by atoms with Crippen molar-refractivity contribution >= 4 is 45.7 Å². The molecule has 9 nitrogen and oxygen atoms in total. The summed E-state index contributed by atoms with van der Waals surface area (Å²) in [6, 6.07) is 20.5. The van der Waals surface area contributed by atoms with Gasteiger partial charge in [-0.1, -0.05) is 24.3 Å². The Morgan fingerprint density at radius 3 is 2.31 bits per heavy atom. The largest absolute Gasteiger partial charge is 0.364 e. The molecule has 32 heavy (non-hydrogen) atoms. The van der Waals surface area contributed by atoms with Crippen LogP contribution in [0, 0.1) is 10.1 Å². The minimum Gasteiger partial charge on any atom is -0.364 e. The van der Waals surface area contributed by atoms with Crippen LogP contribution in [0.5, 0.6) is 0 Å². The summed E-state index contributed by atoms with van der Waals surface area (Å²) in [6.07, 6.45) is 2.05. The van der Waals surface area contributed by atoms with Crippen LogP contribution in [0.3, 0.4) is 0 Å². The van der Waals surface area contributed by atoms with E-state index in [1.807, 2.05) is 47.8 Å². The number of anilines is 3. The summed E-state index contributed by atoms with van der Waals surface area (Å²) in [7, 11) is 0. The van der Waals surface area contributed by atoms with Crippen molar-refractivity contribution in [1.29, 1.82) is 0 Å². The summed E-state index contributed by atoms with van der Waals surface area (Å²) < 4.78 is 0. The molecule has 4 aromatic rings. The summed E-state index contributed by atoms with van der Waals surface area (Å²) in [5.41, 5.74) is 1.85. The predicted molar refractivity (Wildman–Crippen MR) is 126 cm³/mol. The Hall–Kier alpha value is -4.18. The van der Waals surface area contributed by atoms with Gasteiger partial charge in [-0.15, -0.1) is 11.3 Å². The summed E-state index contributed by atoms with van der Waals surface area (Å²) in [6.45, 7) is 0.527. The van der Waals surface area contributed by atoms with Gasteiger partial charge >= 0.3 is 5.69 Å². The van der Waals surface area contributed by atoms with Gasteiger partial charge in [-0.2, -0.15) is 10.2 Å². The molecule has 0 fully saturated rings. The van der Waals surface area contributed by atoms with E-state index in [1.165, 1.54) is 11.2 Å². The van der Waals surface area contributed by atoms with Gasteiger partial charge in [0, 0.05) is 17.1 Å². The monoisotopic (exact) mass is 445 g/mol. The smallest absolute Gasteiger partial charge is 0.353 e. The Bertz CT molecular complexity index is 1200. The second-order valence-electron chi connectivity index (χ2n) is 6.64. The number of nitrogens with zero attached hydrogens (tertiary/aromatic N) is 5. The maximum atomic E-state index is 11.7. The van der Waals surface area contributed by atoms with Crippen LogP contribution >= 0.6 is 11.3 Å². The van der Waals surface area contributed by atoms with Gasteiger partial charge in [-0.05, 0) is 54.3 Å².